The van der Waals surface area contributed by atoms with Gasteiger partial charge in [-0.25, -0.2) is 4.68 Å². The number of methoxy groups -OCH3 is 1. The minimum Gasteiger partial charge on any atom is -0.481 e. The van der Waals surface area contributed by atoms with Crippen LogP contribution in [-0.4, -0.2) is 22.0 Å². The molecule has 0 radical (unpaired) electrons. The number of aliphatic hydroxyl groups excluding tert-OH is 1. The maximum atomic E-state index is 9.58. The van der Waals surface area contributed by atoms with Crippen LogP contribution in [0.4, 0.5) is 0 Å². The van der Waals surface area contributed by atoms with Crippen LogP contribution in [0.25, 0.3) is 0 Å². The topological polar surface area (TPSA) is 47.3 Å². The lowest BCUT2D eigenvalue weighted by Gasteiger charge is -2.07. The predicted octanol–water partition coefficient (Wildman–Crippen LogP) is 0.957. The normalized spacial score (nSPS) is 12.6. The van der Waals surface area contributed by atoms with Gasteiger partial charge in [0.2, 0.25) is 5.88 Å². The number of hydrogen-bond donors (Lipinski definition) is 1. The summed E-state index contributed by atoms with van der Waals surface area (Å²) in [6.07, 6.45) is 0.732. The van der Waals surface area contributed by atoms with E-state index in [4.69, 9.17) is 4.74 Å². The molecule has 0 aliphatic rings. The highest BCUT2D eigenvalue weighted by molar-refractivity contribution is 5.34. The summed E-state index contributed by atoms with van der Waals surface area (Å²) in [6.45, 7) is 5.34. The number of ether oxygens (including phenoxy) is 1. The Morgan fingerprint density at radius 2 is 2.31 bits per heavy atom. The van der Waals surface area contributed by atoms with Crippen LogP contribution in [0.2, 0.25) is 0 Å². The van der Waals surface area contributed by atoms with Crippen LogP contribution < -0.4 is 4.74 Å². The Bertz CT molecular complexity index is 318. The average molecular weight is 182 g/mol. The van der Waals surface area contributed by atoms with Crippen molar-refractivity contribution in [2.75, 3.05) is 7.11 Å². The van der Waals surface area contributed by atoms with E-state index in [1.165, 1.54) is 6.08 Å². The Hall–Kier alpha value is -1.29. The van der Waals surface area contributed by atoms with Crippen LogP contribution in [0.1, 0.15) is 17.4 Å². The molecule has 72 valence electrons. The van der Waals surface area contributed by atoms with Crippen molar-refractivity contribution in [3.05, 3.63) is 23.9 Å². The summed E-state index contributed by atoms with van der Waals surface area (Å²) in [5, 5.41) is 13.7. The first kappa shape index (κ1) is 9.80. The van der Waals surface area contributed by atoms with Crippen molar-refractivity contribution in [2.45, 2.75) is 13.0 Å². The first-order chi connectivity index (χ1) is 6.11. The molecule has 0 spiro atoms. The third kappa shape index (κ3) is 1.58. The van der Waals surface area contributed by atoms with E-state index in [1.54, 1.807) is 18.8 Å². The molecule has 0 aromatic carbocycles. The van der Waals surface area contributed by atoms with Gasteiger partial charge in [-0.2, -0.15) is 5.10 Å². The van der Waals surface area contributed by atoms with Crippen LogP contribution >= 0.6 is 0 Å². The zero-order chi connectivity index (χ0) is 10.0. The number of hydrogen-bond acceptors (Lipinski definition) is 3. The summed E-state index contributed by atoms with van der Waals surface area (Å²) in [4.78, 5) is 0. The second-order valence-electron chi connectivity index (χ2n) is 2.81. The van der Waals surface area contributed by atoms with E-state index in [-0.39, 0.29) is 0 Å². The number of nitrogens with zero attached hydrogens (tertiary/aromatic N) is 2. The minimum atomic E-state index is -0.719. The third-order valence-corrected chi connectivity index (χ3v) is 1.93. The van der Waals surface area contributed by atoms with E-state index < -0.39 is 6.10 Å². The maximum Gasteiger partial charge on any atom is 0.217 e. The third-order valence-electron chi connectivity index (χ3n) is 1.93. The number of aryl methyl sites for hydroxylation is 2. The molecule has 0 amide bonds. The van der Waals surface area contributed by atoms with Crippen LogP contribution in [0, 0.1) is 6.92 Å². The highest BCUT2D eigenvalue weighted by atomic mass is 16.5. The van der Waals surface area contributed by atoms with Crippen LogP contribution in [-0.2, 0) is 7.05 Å². The van der Waals surface area contributed by atoms with E-state index in [0.29, 0.717) is 11.4 Å². The highest BCUT2D eigenvalue weighted by Gasteiger charge is 2.18. The Balaban J connectivity index is 3.24. The number of rotatable bonds is 3. The molecule has 1 aromatic heterocycles. The van der Waals surface area contributed by atoms with Gasteiger partial charge in [0, 0.05) is 7.05 Å². The molecule has 1 atom stereocenters. The fourth-order valence-corrected chi connectivity index (χ4v) is 1.35. The predicted molar refractivity (Wildman–Crippen MR) is 49.7 cm³/mol. The van der Waals surface area contributed by atoms with Crippen molar-refractivity contribution >= 4 is 0 Å². The second kappa shape index (κ2) is 3.62. The van der Waals surface area contributed by atoms with Gasteiger partial charge in [-0.05, 0) is 6.92 Å². The highest BCUT2D eigenvalue weighted by Crippen LogP contribution is 2.27. The van der Waals surface area contributed by atoms with Crippen molar-refractivity contribution in [1.82, 2.24) is 9.78 Å². The molecule has 0 saturated heterocycles. The lowest BCUT2D eigenvalue weighted by molar-refractivity contribution is 0.221. The Kier molecular flexibility index (Phi) is 2.72. The lowest BCUT2D eigenvalue weighted by Crippen LogP contribution is -1.99. The van der Waals surface area contributed by atoms with Crippen LogP contribution in [0.15, 0.2) is 12.7 Å². The Morgan fingerprint density at radius 1 is 1.69 bits per heavy atom. The van der Waals surface area contributed by atoms with Crippen molar-refractivity contribution in [2.24, 2.45) is 7.05 Å². The molecule has 4 nitrogen and oxygen atoms in total. The fourth-order valence-electron chi connectivity index (χ4n) is 1.35. The second-order valence-corrected chi connectivity index (χ2v) is 2.81. The van der Waals surface area contributed by atoms with E-state index >= 15 is 0 Å². The molecule has 0 bridgehead atoms. The standard InChI is InChI=1S/C9H14N2O2/c1-5-7(12)8-6(2)10-11(3)9(8)13-4/h5,7,12H,1H2,2-4H3. The summed E-state index contributed by atoms with van der Waals surface area (Å²) in [5.74, 6) is 0.574. The van der Waals surface area contributed by atoms with Gasteiger partial charge in [-0.3, -0.25) is 0 Å². The van der Waals surface area contributed by atoms with E-state index in [1.807, 2.05) is 6.92 Å². The zero-order valence-corrected chi connectivity index (χ0v) is 8.11. The SMILES string of the molecule is C=CC(O)c1c(C)nn(C)c1OC. The molecule has 0 fully saturated rings. The monoisotopic (exact) mass is 182 g/mol. The number of aliphatic hydroxyl groups is 1. The average Bonchev–Trinajstić information content (AvgIpc) is 2.39. The summed E-state index contributed by atoms with van der Waals surface area (Å²) in [7, 11) is 3.32. The Labute approximate surface area is 77.4 Å². The molecule has 1 aromatic rings. The largest absolute Gasteiger partial charge is 0.481 e. The summed E-state index contributed by atoms with van der Waals surface area (Å²) < 4.78 is 6.71. The molecular formula is C9H14N2O2. The van der Waals surface area contributed by atoms with Gasteiger partial charge < -0.3 is 9.84 Å². The van der Waals surface area contributed by atoms with Crippen molar-refractivity contribution in [3.63, 3.8) is 0 Å². The van der Waals surface area contributed by atoms with Gasteiger partial charge >= 0.3 is 0 Å². The molecule has 0 saturated carbocycles. The van der Waals surface area contributed by atoms with Crippen LogP contribution in [0.5, 0.6) is 5.88 Å². The van der Waals surface area contributed by atoms with E-state index in [9.17, 15) is 5.11 Å². The summed E-state index contributed by atoms with van der Waals surface area (Å²) in [5.41, 5.74) is 1.44. The van der Waals surface area contributed by atoms with Crippen molar-refractivity contribution in [3.8, 4) is 5.88 Å². The van der Waals surface area contributed by atoms with Crippen molar-refractivity contribution < 1.29 is 9.84 Å². The van der Waals surface area contributed by atoms with Gasteiger partial charge in [0.25, 0.3) is 0 Å². The molecular weight excluding hydrogens is 168 g/mol. The molecule has 13 heavy (non-hydrogen) atoms. The van der Waals surface area contributed by atoms with Gasteiger partial charge in [0.15, 0.2) is 0 Å². The molecule has 1 unspecified atom stereocenters. The minimum absolute atomic E-state index is 0.574. The molecule has 4 heteroatoms. The van der Waals surface area contributed by atoms with Crippen molar-refractivity contribution in [1.29, 1.82) is 0 Å². The quantitative estimate of drug-likeness (QED) is 0.708. The molecule has 1 heterocycles. The Morgan fingerprint density at radius 3 is 2.77 bits per heavy atom. The maximum absolute atomic E-state index is 9.58. The van der Waals surface area contributed by atoms with Gasteiger partial charge in [-0.15, -0.1) is 6.58 Å². The lowest BCUT2D eigenvalue weighted by atomic mass is 10.1. The van der Waals surface area contributed by atoms with Gasteiger partial charge in [0.05, 0.1) is 18.4 Å². The first-order valence-electron chi connectivity index (χ1n) is 4.00. The molecule has 0 aliphatic heterocycles. The van der Waals surface area contributed by atoms with Gasteiger partial charge in [0.1, 0.15) is 6.10 Å². The molecule has 0 aliphatic carbocycles. The van der Waals surface area contributed by atoms with Gasteiger partial charge in [-0.1, -0.05) is 6.08 Å². The smallest absolute Gasteiger partial charge is 0.217 e. The summed E-state index contributed by atoms with van der Waals surface area (Å²) in [6, 6.07) is 0. The number of aromatic nitrogens is 2. The molecule has 1 rings (SSSR count). The molecule has 1 N–H and O–H groups in total. The van der Waals surface area contributed by atoms with E-state index in [2.05, 4.69) is 11.7 Å². The fraction of sp³-hybridized carbons (Fsp3) is 0.444. The first-order valence-corrected chi connectivity index (χ1v) is 4.00. The van der Waals surface area contributed by atoms with Crippen LogP contribution in [0.3, 0.4) is 0 Å². The van der Waals surface area contributed by atoms with E-state index in [0.717, 1.165) is 5.69 Å². The summed E-state index contributed by atoms with van der Waals surface area (Å²) >= 11 is 0. The zero-order valence-electron chi connectivity index (χ0n) is 8.11.